The van der Waals surface area contributed by atoms with Crippen LogP contribution >= 0.6 is 0 Å². The Bertz CT molecular complexity index is 1070. The number of rotatable bonds is 10. The van der Waals surface area contributed by atoms with Gasteiger partial charge in [-0.05, 0) is 70.2 Å². The van der Waals surface area contributed by atoms with E-state index in [1.54, 1.807) is 13.0 Å². The van der Waals surface area contributed by atoms with Gasteiger partial charge < -0.3 is 39.3 Å². The second-order valence-corrected chi connectivity index (χ2v) is 14.2. The Morgan fingerprint density at radius 1 is 1.20 bits per heavy atom. The molecule has 3 N–H and O–H groups in total. The van der Waals surface area contributed by atoms with Gasteiger partial charge in [0.15, 0.2) is 0 Å². The molecule has 46 heavy (non-hydrogen) atoms. The minimum Gasteiger partial charge on any atom is -0.490 e. The van der Waals surface area contributed by atoms with Crippen molar-refractivity contribution >= 4 is 6.09 Å². The molecule has 0 aromatic heterocycles. The van der Waals surface area contributed by atoms with E-state index in [2.05, 4.69) is 38.3 Å². The third-order valence-corrected chi connectivity index (χ3v) is 9.93. The van der Waals surface area contributed by atoms with Gasteiger partial charge in [0.1, 0.15) is 12.2 Å². The van der Waals surface area contributed by atoms with E-state index in [-0.39, 0.29) is 42.2 Å². The molecule has 3 aliphatic heterocycles. The lowest BCUT2D eigenvalue weighted by molar-refractivity contribution is 0.0481. The standard InChI is InChI=1S/C37H62N2O7/c1-9-31(41)29(7)35-33(45-35)24-37(8,43)18-11-13-26(4)34-27(5)15-17-32(25(3)14-16-30(40)23-28(6)44-34)46-36(42)39-20-12-19-38(10-2)21-22-39/h11,13,15,17-18,25,27,29-35,40-41,43H,6,9-10,12,14,16,19-24H2,1-5,7-8H3/b17-15+,18-11+,26-13+. The van der Waals surface area contributed by atoms with Gasteiger partial charge in [-0.2, -0.15) is 0 Å². The maximum Gasteiger partial charge on any atom is 0.410 e. The average molecular weight is 647 g/mol. The molecule has 262 valence electrons. The molecular formula is C37H62N2O7. The van der Waals surface area contributed by atoms with Gasteiger partial charge in [0.05, 0.1) is 35.8 Å². The van der Waals surface area contributed by atoms with E-state index in [9.17, 15) is 20.1 Å². The SMILES string of the molecule is C=C1CC(O)CCC(C)C(OC(=O)N2CCCN(CC)CC2)/C=C/C(C)C(/C(C)=C/C=C/C(C)(O)CC2OC2C(C)C(O)CC)O1. The van der Waals surface area contributed by atoms with Crippen molar-refractivity contribution < 1.29 is 34.3 Å². The Balaban J connectivity index is 1.71. The number of amides is 1. The Kier molecular flexibility index (Phi) is 14.8. The van der Waals surface area contributed by atoms with Crippen LogP contribution in [-0.2, 0) is 14.2 Å². The fraction of sp³-hybridized carbons (Fsp3) is 0.757. The first-order chi connectivity index (χ1) is 21.7. The van der Waals surface area contributed by atoms with Crippen LogP contribution in [-0.4, -0.2) is 106 Å². The smallest absolute Gasteiger partial charge is 0.410 e. The molecule has 0 saturated carbocycles. The Labute approximate surface area is 278 Å². The summed E-state index contributed by atoms with van der Waals surface area (Å²) in [7, 11) is 0. The Morgan fingerprint density at radius 2 is 1.93 bits per heavy atom. The molecule has 9 heteroatoms. The highest BCUT2D eigenvalue weighted by Crippen LogP contribution is 2.37. The molecule has 3 heterocycles. The van der Waals surface area contributed by atoms with Crippen molar-refractivity contribution in [3.8, 4) is 0 Å². The quantitative estimate of drug-likeness (QED) is 0.160. The molecule has 3 rings (SSSR count). The summed E-state index contributed by atoms with van der Waals surface area (Å²) in [5.74, 6) is 0.498. The number of nitrogens with zero attached hydrogens (tertiary/aromatic N) is 2. The predicted molar refractivity (Wildman–Crippen MR) is 182 cm³/mol. The van der Waals surface area contributed by atoms with Crippen LogP contribution in [0.1, 0.15) is 87.0 Å². The monoisotopic (exact) mass is 646 g/mol. The number of allylic oxidation sites excluding steroid dienone is 2. The van der Waals surface area contributed by atoms with Crippen LogP contribution in [0.5, 0.6) is 0 Å². The maximum absolute atomic E-state index is 13.3. The van der Waals surface area contributed by atoms with Crippen molar-refractivity contribution in [1.82, 2.24) is 9.80 Å². The molecule has 2 saturated heterocycles. The molecular weight excluding hydrogens is 584 g/mol. The van der Waals surface area contributed by atoms with Gasteiger partial charge in [0.25, 0.3) is 0 Å². The number of likely N-dealkylation sites (N-methyl/N-ethyl adjacent to an activating group) is 1. The second-order valence-electron chi connectivity index (χ2n) is 14.2. The van der Waals surface area contributed by atoms with Crippen molar-refractivity contribution in [3.63, 3.8) is 0 Å². The highest BCUT2D eigenvalue weighted by molar-refractivity contribution is 5.68. The number of hydrogen-bond acceptors (Lipinski definition) is 8. The third kappa shape index (κ3) is 11.8. The molecule has 0 aliphatic carbocycles. The first kappa shape index (κ1) is 38.3. The molecule has 0 aromatic carbocycles. The van der Waals surface area contributed by atoms with E-state index in [0.717, 1.165) is 31.6 Å². The highest BCUT2D eigenvalue weighted by Gasteiger charge is 2.47. The summed E-state index contributed by atoms with van der Waals surface area (Å²) in [6, 6.07) is 0. The number of aliphatic hydroxyl groups excluding tert-OH is 2. The molecule has 0 spiro atoms. The van der Waals surface area contributed by atoms with Crippen LogP contribution in [0.3, 0.4) is 0 Å². The van der Waals surface area contributed by atoms with Gasteiger partial charge >= 0.3 is 6.09 Å². The summed E-state index contributed by atoms with van der Waals surface area (Å²) in [4.78, 5) is 17.4. The molecule has 10 atom stereocenters. The molecule has 2 fully saturated rings. The van der Waals surface area contributed by atoms with Crippen LogP contribution < -0.4 is 0 Å². The summed E-state index contributed by atoms with van der Waals surface area (Å²) >= 11 is 0. The van der Waals surface area contributed by atoms with Crippen LogP contribution in [0.4, 0.5) is 4.79 Å². The second kappa shape index (κ2) is 17.8. The molecule has 1 amide bonds. The van der Waals surface area contributed by atoms with Crippen molar-refractivity contribution in [2.24, 2.45) is 17.8 Å². The van der Waals surface area contributed by atoms with Gasteiger partial charge in [-0.3, -0.25) is 0 Å². The molecule has 9 nitrogen and oxygen atoms in total. The predicted octanol–water partition coefficient (Wildman–Crippen LogP) is 5.61. The van der Waals surface area contributed by atoms with E-state index >= 15 is 0 Å². The molecule has 10 unspecified atom stereocenters. The minimum atomic E-state index is -1.07. The topological polar surface area (TPSA) is 115 Å². The number of epoxide rings is 1. The van der Waals surface area contributed by atoms with E-state index in [0.29, 0.717) is 51.0 Å². The number of hydrogen-bond donors (Lipinski definition) is 3. The fourth-order valence-electron chi connectivity index (χ4n) is 6.57. The summed E-state index contributed by atoms with van der Waals surface area (Å²) in [6.07, 6.45) is 11.0. The van der Waals surface area contributed by atoms with E-state index in [1.165, 1.54) is 0 Å². The van der Waals surface area contributed by atoms with Crippen molar-refractivity contribution in [3.05, 3.63) is 48.3 Å². The lowest BCUT2D eigenvalue weighted by Crippen LogP contribution is -2.38. The summed E-state index contributed by atoms with van der Waals surface area (Å²) < 4.78 is 18.2. The first-order valence-electron chi connectivity index (χ1n) is 17.5. The number of carbonyl (C=O) groups is 1. The van der Waals surface area contributed by atoms with E-state index < -0.39 is 23.9 Å². The zero-order valence-corrected chi connectivity index (χ0v) is 29.4. The van der Waals surface area contributed by atoms with Crippen molar-refractivity contribution in [1.29, 1.82) is 0 Å². The first-order valence-corrected chi connectivity index (χ1v) is 17.5. The van der Waals surface area contributed by atoms with Gasteiger partial charge in [-0.15, -0.1) is 0 Å². The van der Waals surface area contributed by atoms with Crippen LogP contribution in [0, 0.1) is 17.8 Å². The number of ether oxygens (including phenoxy) is 3. The molecule has 3 aliphatic rings. The van der Waals surface area contributed by atoms with Gasteiger partial charge in [-0.25, -0.2) is 4.79 Å². The molecule has 0 radical (unpaired) electrons. The van der Waals surface area contributed by atoms with E-state index in [4.69, 9.17) is 14.2 Å². The minimum absolute atomic E-state index is 0.0262. The van der Waals surface area contributed by atoms with Crippen LogP contribution in [0.15, 0.2) is 48.3 Å². The number of carbonyl (C=O) groups excluding carboxylic acids is 1. The largest absolute Gasteiger partial charge is 0.490 e. The number of aliphatic hydroxyl groups is 3. The Hall–Kier alpha value is -2.17. The Morgan fingerprint density at radius 3 is 2.63 bits per heavy atom. The van der Waals surface area contributed by atoms with Crippen molar-refractivity contribution in [2.75, 3.05) is 32.7 Å². The summed E-state index contributed by atoms with van der Waals surface area (Å²) in [6.45, 7) is 22.2. The highest BCUT2D eigenvalue weighted by atomic mass is 16.6. The van der Waals surface area contributed by atoms with Gasteiger partial charge in [0, 0.05) is 44.3 Å². The zero-order valence-electron chi connectivity index (χ0n) is 29.4. The average Bonchev–Trinajstić information content (AvgIpc) is 3.81. The zero-order chi connectivity index (χ0) is 34.0. The molecule has 0 bridgehead atoms. The van der Waals surface area contributed by atoms with Gasteiger partial charge in [0.2, 0.25) is 0 Å². The van der Waals surface area contributed by atoms with Gasteiger partial charge in [-0.1, -0.05) is 65.5 Å². The summed E-state index contributed by atoms with van der Waals surface area (Å²) in [5.41, 5.74) is -0.140. The van der Waals surface area contributed by atoms with Crippen LogP contribution in [0.2, 0.25) is 0 Å². The van der Waals surface area contributed by atoms with Crippen LogP contribution in [0.25, 0.3) is 0 Å². The lowest BCUT2D eigenvalue weighted by atomic mass is 9.91. The maximum atomic E-state index is 13.3. The molecule has 0 aromatic rings. The third-order valence-electron chi connectivity index (χ3n) is 9.93. The summed E-state index contributed by atoms with van der Waals surface area (Å²) in [5, 5.41) is 32.0. The lowest BCUT2D eigenvalue weighted by Gasteiger charge is -2.30. The normalized spacial score (nSPS) is 34.0. The van der Waals surface area contributed by atoms with E-state index in [1.807, 2.05) is 43.9 Å². The van der Waals surface area contributed by atoms with Crippen molar-refractivity contribution in [2.45, 2.75) is 129 Å². The fourth-order valence-corrected chi connectivity index (χ4v) is 6.57.